The molecule has 3 aromatic heterocycles. The molecule has 9 nitrogen and oxygen atoms in total. The summed E-state index contributed by atoms with van der Waals surface area (Å²) in [6, 6.07) is 14.7. The molecule has 0 saturated carbocycles. The van der Waals surface area contributed by atoms with E-state index >= 15 is 0 Å². The molecule has 9 heteroatoms. The second-order valence-corrected chi connectivity index (χ2v) is 8.99. The second kappa shape index (κ2) is 11.5. The van der Waals surface area contributed by atoms with Crippen LogP contribution in [-0.2, 0) is 0 Å². The van der Waals surface area contributed by atoms with Gasteiger partial charge in [-0.3, -0.25) is 4.79 Å². The zero-order valence-electron chi connectivity index (χ0n) is 21.4. The predicted octanol–water partition coefficient (Wildman–Crippen LogP) is 3.63. The highest BCUT2D eigenvalue weighted by Crippen LogP contribution is 2.30. The lowest BCUT2D eigenvalue weighted by atomic mass is 10.1. The minimum atomic E-state index is -1.07. The van der Waals surface area contributed by atoms with E-state index in [4.69, 9.17) is 4.74 Å². The Hall–Kier alpha value is -4.86. The molecule has 0 fully saturated rings. The fraction of sp³-hybridized carbons (Fsp3) is 0.241. The third-order valence-electron chi connectivity index (χ3n) is 5.47. The highest BCUT2D eigenvalue weighted by atomic mass is 16.5. The van der Waals surface area contributed by atoms with Crippen molar-refractivity contribution in [3.8, 4) is 34.8 Å². The first-order chi connectivity index (χ1) is 18.3. The van der Waals surface area contributed by atoms with Crippen molar-refractivity contribution in [1.29, 1.82) is 5.26 Å². The number of ether oxygens (including phenoxy) is 1. The Labute approximate surface area is 221 Å². The number of rotatable bonds is 8. The van der Waals surface area contributed by atoms with E-state index in [0.29, 0.717) is 47.9 Å². The summed E-state index contributed by atoms with van der Waals surface area (Å²) in [5.74, 6) is 6.74. The number of aromatic nitrogens is 3. The van der Waals surface area contributed by atoms with Crippen LogP contribution in [0.4, 0.5) is 5.82 Å². The fourth-order valence-electron chi connectivity index (χ4n) is 3.70. The summed E-state index contributed by atoms with van der Waals surface area (Å²) in [5, 5.41) is 29.5. The Morgan fingerprint density at radius 2 is 1.95 bits per heavy atom. The minimum Gasteiger partial charge on any atom is -0.492 e. The highest BCUT2D eigenvalue weighted by molar-refractivity contribution is 5.94. The van der Waals surface area contributed by atoms with E-state index in [0.717, 1.165) is 16.7 Å². The molecule has 38 heavy (non-hydrogen) atoms. The number of nitrogens with zero attached hydrogens (tertiary/aromatic N) is 4. The standard InChI is InChI=1S/C29H28N6O3/c1-4-38-24-15-25(27-23(16-30)18-34-35(27)19-24)22-9-10-26(33-17-22)31-13-14-32-28(36)21-7-5-20(6-8-21)11-12-29(2,3)37/h5-10,15,17-19,37H,4,13-14H2,1-3H3,(H,31,33)(H,32,36). The summed E-state index contributed by atoms with van der Waals surface area (Å²) in [4.78, 5) is 16.9. The Morgan fingerprint density at radius 3 is 2.61 bits per heavy atom. The Kier molecular flexibility index (Phi) is 7.91. The summed E-state index contributed by atoms with van der Waals surface area (Å²) < 4.78 is 7.31. The number of pyridine rings is 2. The van der Waals surface area contributed by atoms with Gasteiger partial charge in [-0.05, 0) is 63.2 Å². The van der Waals surface area contributed by atoms with Crippen molar-refractivity contribution >= 4 is 17.2 Å². The summed E-state index contributed by atoms with van der Waals surface area (Å²) in [7, 11) is 0. The molecular formula is C29H28N6O3. The molecular weight excluding hydrogens is 480 g/mol. The largest absolute Gasteiger partial charge is 0.492 e. The van der Waals surface area contributed by atoms with Gasteiger partial charge >= 0.3 is 0 Å². The van der Waals surface area contributed by atoms with Crippen LogP contribution in [0.15, 0.2) is 61.1 Å². The summed E-state index contributed by atoms with van der Waals surface area (Å²) in [6.07, 6.45) is 5.01. The number of fused-ring (bicyclic) bond motifs is 1. The number of aliphatic hydroxyl groups is 1. The zero-order chi connectivity index (χ0) is 27.1. The maximum atomic E-state index is 12.4. The number of amides is 1. The first-order valence-corrected chi connectivity index (χ1v) is 12.2. The second-order valence-electron chi connectivity index (χ2n) is 8.99. The molecule has 3 N–H and O–H groups in total. The molecule has 0 unspecified atom stereocenters. The maximum Gasteiger partial charge on any atom is 0.251 e. The number of benzene rings is 1. The topological polar surface area (TPSA) is 125 Å². The van der Waals surface area contributed by atoms with Crippen molar-refractivity contribution in [3.05, 3.63) is 77.7 Å². The molecule has 0 aliphatic rings. The van der Waals surface area contributed by atoms with Gasteiger partial charge in [0.2, 0.25) is 0 Å². The molecule has 0 saturated heterocycles. The molecule has 0 spiro atoms. The molecule has 0 aliphatic carbocycles. The third kappa shape index (κ3) is 6.47. The number of hydrogen-bond acceptors (Lipinski definition) is 7. The first kappa shape index (κ1) is 26.2. The number of hydrogen-bond donors (Lipinski definition) is 3. The number of nitriles is 1. The van der Waals surface area contributed by atoms with Crippen LogP contribution in [0, 0.1) is 23.2 Å². The van der Waals surface area contributed by atoms with E-state index in [1.807, 2.05) is 25.1 Å². The Bertz CT molecular complexity index is 1530. The van der Waals surface area contributed by atoms with E-state index in [2.05, 4.69) is 38.6 Å². The molecule has 1 amide bonds. The van der Waals surface area contributed by atoms with E-state index in [9.17, 15) is 15.2 Å². The van der Waals surface area contributed by atoms with Crippen molar-refractivity contribution in [2.24, 2.45) is 0 Å². The van der Waals surface area contributed by atoms with Gasteiger partial charge in [-0.1, -0.05) is 11.8 Å². The number of carbonyl (C=O) groups excluding carboxylic acids is 1. The van der Waals surface area contributed by atoms with Gasteiger partial charge in [0.05, 0.1) is 30.1 Å². The van der Waals surface area contributed by atoms with Crippen molar-refractivity contribution in [2.45, 2.75) is 26.4 Å². The van der Waals surface area contributed by atoms with Crippen LogP contribution in [0.2, 0.25) is 0 Å². The van der Waals surface area contributed by atoms with Crippen LogP contribution in [-0.4, -0.2) is 50.9 Å². The summed E-state index contributed by atoms with van der Waals surface area (Å²) in [6.45, 7) is 6.54. The number of carbonyl (C=O) groups is 1. The molecule has 3 heterocycles. The third-order valence-corrected chi connectivity index (χ3v) is 5.47. The number of anilines is 1. The van der Waals surface area contributed by atoms with E-state index in [-0.39, 0.29) is 5.91 Å². The van der Waals surface area contributed by atoms with E-state index in [1.54, 1.807) is 55.0 Å². The van der Waals surface area contributed by atoms with Gasteiger partial charge < -0.3 is 20.5 Å². The average Bonchev–Trinajstić information content (AvgIpc) is 3.33. The smallest absolute Gasteiger partial charge is 0.251 e. The molecule has 0 atom stereocenters. The van der Waals surface area contributed by atoms with Crippen LogP contribution in [0.25, 0.3) is 16.6 Å². The van der Waals surface area contributed by atoms with Gasteiger partial charge in [0.25, 0.3) is 5.91 Å². The monoisotopic (exact) mass is 508 g/mol. The van der Waals surface area contributed by atoms with Crippen molar-refractivity contribution in [3.63, 3.8) is 0 Å². The lowest BCUT2D eigenvalue weighted by Crippen LogP contribution is -2.28. The lowest BCUT2D eigenvalue weighted by molar-refractivity contribution is 0.0955. The molecule has 4 aromatic rings. The van der Waals surface area contributed by atoms with Crippen molar-refractivity contribution in [1.82, 2.24) is 19.9 Å². The first-order valence-electron chi connectivity index (χ1n) is 12.2. The fourth-order valence-corrected chi connectivity index (χ4v) is 3.70. The van der Waals surface area contributed by atoms with Crippen LogP contribution in [0.5, 0.6) is 5.75 Å². The Morgan fingerprint density at radius 1 is 1.16 bits per heavy atom. The molecule has 4 rings (SSSR count). The normalized spacial score (nSPS) is 10.8. The van der Waals surface area contributed by atoms with E-state index in [1.165, 1.54) is 6.20 Å². The SMILES string of the molecule is CCOc1cc(-c2ccc(NCCNC(=O)c3ccc(C#CC(C)(C)O)cc3)nc2)c2c(C#N)cnn2c1. The molecule has 0 aliphatic heterocycles. The van der Waals surface area contributed by atoms with Crippen LogP contribution in [0.1, 0.15) is 42.3 Å². The molecule has 0 radical (unpaired) electrons. The van der Waals surface area contributed by atoms with Crippen LogP contribution < -0.4 is 15.4 Å². The summed E-state index contributed by atoms with van der Waals surface area (Å²) in [5.41, 5.74) is 2.97. The molecule has 1 aromatic carbocycles. The average molecular weight is 509 g/mol. The minimum absolute atomic E-state index is 0.190. The van der Waals surface area contributed by atoms with Gasteiger partial charge in [-0.25, -0.2) is 9.50 Å². The number of nitrogens with one attached hydrogen (secondary N) is 2. The quantitative estimate of drug-likeness (QED) is 0.245. The summed E-state index contributed by atoms with van der Waals surface area (Å²) >= 11 is 0. The highest BCUT2D eigenvalue weighted by Gasteiger charge is 2.14. The predicted molar refractivity (Wildman–Crippen MR) is 145 cm³/mol. The van der Waals surface area contributed by atoms with Crippen LogP contribution >= 0.6 is 0 Å². The van der Waals surface area contributed by atoms with Crippen molar-refractivity contribution < 1.29 is 14.6 Å². The maximum absolute atomic E-state index is 12.4. The Balaban J connectivity index is 1.35. The molecule has 192 valence electrons. The van der Waals surface area contributed by atoms with Crippen LogP contribution in [0.3, 0.4) is 0 Å². The van der Waals surface area contributed by atoms with Gasteiger partial charge in [0.1, 0.15) is 23.2 Å². The van der Waals surface area contributed by atoms with Gasteiger partial charge in [-0.2, -0.15) is 10.4 Å². The van der Waals surface area contributed by atoms with E-state index < -0.39 is 5.60 Å². The van der Waals surface area contributed by atoms with Crippen molar-refractivity contribution in [2.75, 3.05) is 25.0 Å². The van der Waals surface area contributed by atoms with Gasteiger partial charge in [0.15, 0.2) is 0 Å². The van der Waals surface area contributed by atoms with Gasteiger partial charge in [-0.15, -0.1) is 0 Å². The molecule has 0 bridgehead atoms. The van der Waals surface area contributed by atoms with Gasteiger partial charge in [0, 0.05) is 41.5 Å². The lowest BCUT2D eigenvalue weighted by Gasteiger charge is -2.11. The zero-order valence-corrected chi connectivity index (χ0v) is 21.4.